The van der Waals surface area contributed by atoms with Crippen molar-refractivity contribution in [3.63, 3.8) is 0 Å². The summed E-state index contributed by atoms with van der Waals surface area (Å²) < 4.78 is 7.56. The van der Waals surface area contributed by atoms with Crippen LogP contribution in [0, 0.1) is 0 Å². The van der Waals surface area contributed by atoms with Crippen LogP contribution >= 0.6 is 11.3 Å². The number of nitrogens with one attached hydrogen (secondary N) is 2. The minimum Gasteiger partial charge on any atom is -0.490 e. The molecule has 10 heteroatoms. The van der Waals surface area contributed by atoms with Gasteiger partial charge in [-0.3, -0.25) is 19.2 Å². The van der Waals surface area contributed by atoms with Crippen LogP contribution in [-0.4, -0.2) is 58.3 Å². The number of Topliss-reactive ketones (excluding diaryl/α,β-unsaturated/α-hetero) is 1. The summed E-state index contributed by atoms with van der Waals surface area (Å²) in [7, 11) is 3.40. The lowest BCUT2D eigenvalue weighted by molar-refractivity contribution is -0.127. The first-order valence-electron chi connectivity index (χ1n) is 10.7. The second-order valence-electron chi connectivity index (χ2n) is 8.16. The summed E-state index contributed by atoms with van der Waals surface area (Å²) in [5.41, 5.74) is 1.01. The van der Waals surface area contributed by atoms with Crippen molar-refractivity contribution >= 4 is 39.8 Å². The second kappa shape index (κ2) is 8.86. The van der Waals surface area contributed by atoms with Crippen LogP contribution in [0.3, 0.4) is 0 Å². The van der Waals surface area contributed by atoms with Crippen molar-refractivity contribution in [3.05, 3.63) is 39.3 Å². The lowest BCUT2D eigenvalue weighted by Crippen LogP contribution is -2.33. The van der Waals surface area contributed by atoms with Gasteiger partial charge in [0.1, 0.15) is 23.6 Å². The molecule has 1 aliphatic rings. The van der Waals surface area contributed by atoms with Crippen LogP contribution < -0.4 is 15.6 Å². The fraction of sp³-hybridized carbons (Fsp3) is 0.391. The predicted molar refractivity (Wildman–Crippen MR) is 126 cm³/mol. The van der Waals surface area contributed by atoms with E-state index in [-0.39, 0.29) is 34.9 Å². The minimum absolute atomic E-state index is 0.0391. The average molecular weight is 471 g/mol. The summed E-state index contributed by atoms with van der Waals surface area (Å²) in [6.45, 7) is 4.07. The van der Waals surface area contributed by atoms with Crippen LogP contribution in [-0.2, 0) is 11.8 Å². The van der Waals surface area contributed by atoms with Gasteiger partial charge in [0.25, 0.3) is 11.5 Å². The van der Waals surface area contributed by atoms with Gasteiger partial charge in [0, 0.05) is 50.3 Å². The number of aryl methyl sites for hydroxylation is 1. The monoisotopic (exact) mass is 470 g/mol. The average Bonchev–Trinajstić information content (AvgIpc) is 3.48. The Morgan fingerprint density at radius 1 is 1.27 bits per heavy atom. The van der Waals surface area contributed by atoms with Gasteiger partial charge in [-0.15, -0.1) is 11.3 Å². The van der Waals surface area contributed by atoms with Crippen LogP contribution in [0.2, 0.25) is 0 Å². The number of ketones is 1. The smallest absolute Gasteiger partial charge is 0.274 e. The molecule has 174 valence electrons. The quantitative estimate of drug-likeness (QED) is 0.515. The normalized spacial score (nSPS) is 15.9. The summed E-state index contributed by atoms with van der Waals surface area (Å²) in [5.74, 6) is 0.201. The van der Waals surface area contributed by atoms with E-state index in [1.807, 2.05) is 6.92 Å². The van der Waals surface area contributed by atoms with E-state index in [4.69, 9.17) is 4.74 Å². The molecular weight excluding hydrogens is 444 g/mol. The number of nitrogens with zero attached hydrogens (tertiary/aromatic N) is 2. The van der Waals surface area contributed by atoms with Crippen LogP contribution in [0.5, 0.6) is 5.75 Å². The molecule has 1 saturated heterocycles. The number of carbonyl (C=O) groups is 3. The standard InChI is InChI=1S/C23H26N4O5S/c1-5-24-22(30)16-8-14-15(10-26(3)23(31)20(14)25-16)21-17(9-18(33-21)12(2)28)32-11-13-6-7-19(29)27(13)4/h8-10,13,25H,5-7,11H2,1-4H3,(H,24,30). The van der Waals surface area contributed by atoms with Crippen molar-refractivity contribution in [2.75, 3.05) is 20.2 Å². The molecule has 1 unspecified atom stereocenters. The van der Waals surface area contributed by atoms with E-state index in [0.29, 0.717) is 58.0 Å². The number of thiophene rings is 1. The summed E-state index contributed by atoms with van der Waals surface area (Å²) in [4.78, 5) is 55.0. The fourth-order valence-corrected chi connectivity index (χ4v) is 5.00. The zero-order chi connectivity index (χ0) is 23.9. The number of aromatic nitrogens is 2. The van der Waals surface area contributed by atoms with E-state index in [1.54, 1.807) is 37.3 Å². The Hall–Kier alpha value is -3.40. The van der Waals surface area contributed by atoms with Crippen molar-refractivity contribution in [1.29, 1.82) is 0 Å². The van der Waals surface area contributed by atoms with Crippen molar-refractivity contribution in [2.45, 2.75) is 32.7 Å². The number of likely N-dealkylation sites (tertiary alicyclic amines) is 1. The molecule has 2 N–H and O–H groups in total. The van der Waals surface area contributed by atoms with E-state index in [9.17, 15) is 19.2 Å². The molecule has 0 radical (unpaired) electrons. The third-order valence-electron chi connectivity index (χ3n) is 5.90. The molecule has 0 saturated carbocycles. The van der Waals surface area contributed by atoms with E-state index < -0.39 is 0 Å². The molecule has 0 aromatic carbocycles. The van der Waals surface area contributed by atoms with Crippen LogP contribution in [0.15, 0.2) is 23.1 Å². The molecule has 4 rings (SSSR count). The minimum atomic E-state index is -0.303. The number of ether oxygens (including phenoxy) is 1. The predicted octanol–water partition coefficient (Wildman–Crippen LogP) is 2.55. The lowest BCUT2D eigenvalue weighted by atomic mass is 10.1. The second-order valence-corrected chi connectivity index (χ2v) is 9.21. The van der Waals surface area contributed by atoms with Gasteiger partial charge in [0.05, 0.1) is 15.8 Å². The molecule has 3 aromatic rings. The molecule has 1 atom stereocenters. The zero-order valence-corrected chi connectivity index (χ0v) is 19.8. The summed E-state index contributed by atoms with van der Waals surface area (Å²) in [6, 6.07) is 3.31. The first-order chi connectivity index (χ1) is 15.7. The molecule has 0 spiro atoms. The Morgan fingerprint density at radius 2 is 2.03 bits per heavy atom. The van der Waals surface area contributed by atoms with Crippen molar-refractivity contribution in [3.8, 4) is 16.2 Å². The van der Waals surface area contributed by atoms with E-state index in [2.05, 4.69) is 10.3 Å². The number of hydrogen-bond donors (Lipinski definition) is 2. The molecule has 2 amide bonds. The highest BCUT2D eigenvalue weighted by Crippen LogP contribution is 2.41. The highest BCUT2D eigenvalue weighted by Gasteiger charge is 2.29. The first-order valence-corrected chi connectivity index (χ1v) is 11.6. The number of amides is 2. The number of aromatic amines is 1. The van der Waals surface area contributed by atoms with Gasteiger partial charge in [-0.25, -0.2) is 0 Å². The van der Waals surface area contributed by atoms with Crippen molar-refractivity contribution in [2.24, 2.45) is 7.05 Å². The lowest BCUT2D eigenvalue weighted by Gasteiger charge is -2.20. The molecule has 0 aliphatic carbocycles. The summed E-state index contributed by atoms with van der Waals surface area (Å²) >= 11 is 1.28. The van der Waals surface area contributed by atoms with Gasteiger partial charge in [-0.2, -0.15) is 0 Å². The number of rotatable bonds is 7. The summed E-state index contributed by atoms with van der Waals surface area (Å²) in [5, 5.41) is 3.31. The maximum Gasteiger partial charge on any atom is 0.274 e. The van der Waals surface area contributed by atoms with Crippen molar-refractivity contribution < 1.29 is 19.1 Å². The molecule has 4 heterocycles. The van der Waals surface area contributed by atoms with Crippen LogP contribution in [0.4, 0.5) is 0 Å². The highest BCUT2D eigenvalue weighted by atomic mass is 32.1. The number of fused-ring (bicyclic) bond motifs is 1. The van der Waals surface area contributed by atoms with E-state index >= 15 is 0 Å². The molecule has 9 nitrogen and oxygen atoms in total. The Morgan fingerprint density at radius 3 is 2.67 bits per heavy atom. The first kappa shape index (κ1) is 22.8. The Kier molecular flexibility index (Phi) is 6.11. The van der Waals surface area contributed by atoms with E-state index in [1.165, 1.54) is 22.8 Å². The van der Waals surface area contributed by atoms with Gasteiger partial charge in [0.15, 0.2) is 5.78 Å². The number of carbonyl (C=O) groups excluding carboxylic acids is 3. The largest absolute Gasteiger partial charge is 0.490 e. The maximum absolute atomic E-state index is 12.8. The number of likely N-dealkylation sites (N-methyl/N-ethyl adjacent to an activating group) is 1. The van der Waals surface area contributed by atoms with Crippen LogP contribution in [0.1, 0.15) is 46.8 Å². The molecular formula is C23H26N4O5S. The SMILES string of the molecule is CCNC(=O)c1cc2c(-c3sc(C(C)=O)cc3OCC3CCC(=O)N3C)cn(C)c(=O)c2[nH]1. The third kappa shape index (κ3) is 4.18. The summed E-state index contributed by atoms with van der Waals surface area (Å²) in [6.07, 6.45) is 2.90. The topological polar surface area (TPSA) is 113 Å². The fourth-order valence-electron chi connectivity index (χ4n) is 3.98. The molecule has 1 aliphatic heterocycles. The van der Waals surface area contributed by atoms with Crippen LogP contribution in [0.25, 0.3) is 21.3 Å². The third-order valence-corrected chi connectivity index (χ3v) is 7.15. The highest BCUT2D eigenvalue weighted by molar-refractivity contribution is 7.18. The Bertz CT molecular complexity index is 1320. The van der Waals surface area contributed by atoms with Gasteiger partial charge in [0.2, 0.25) is 5.91 Å². The number of pyridine rings is 1. The Labute approximate surface area is 194 Å². The Balaban J connectivity index is 1.80. The molecule has 3 aromatic heterocycles. The molecule has 1 fully saturated rings. The number of H-pyrrole nitrogens is 1. The maximum atomic E-state index is 12.8. The van der Waals surface area contributed by atoms with Gasteiger partial charge in [-0.05, 0) is 26.3 Å². The van der Waals surface area contributed by atoms with Gasteiger partial charge >= 0.3 is 0 Å². The van der Waals surface area contributed by atoms with Crippen molar-refractivity contribution in [1.82, 2.24) is 19.8 Å². The zero-order valence-electron chi connectivity index (χ0n) is 19.0. The number of hydrogen-bond acceptors (Lipinski definition) is 6. The molecule has 0 bridgehead atoms. The van der Waals surface area contributed by atoms with E-state index in [0.717, 1.165) is 0 Å². The van der Waals surface area contributed by atoms with Gasteiger partial charge in [-0.1, -0.05) is 0 Å². The van der Waals surface area contributed by atoms with Gasteiger partial charge < -0.3 is 24.5 Å². The molecule has 33 heavy (non-hydrogen) atoms.